The highest BCUT2D eigenvalue weighted by Gasteiger charge is 2.54. The van der Waals surface area contributed by atoms with Crippen LogP contribution in [0.1, 0.15) is 38.5 Å². The second kappa shape index (κ2) is 5.76. The zero-order valence-corrected chi connectivity index (χ0v) is 13.8. The van der Waals surface area contributed by atoms with Gasteiger partial charge < -0.3 is 5.32 Å². The van der Waals surface area contributed by atoms with Crippen LogP contribution in [0.5, 0.6) is 0 Å². The first-order chi connectivity index (χ1) is 11.0. The highest BCUT2D eigenvalue weighted by atomic mass is 32.2. The molecule has 0 saturated heterocycles. The molecule has 0 aromatic heterocycles. The van der Waals surface area contributed by atoms with Crippen LogP contribution in [0.3, 0.4) is 0 Å². The van der Waals surface area contributed by atoms with E-state index in [0.717, 1.165) is 37.0 Å². The zero-order chi connectivity index (χ0) is 16.0. The first-order valence-electron chi connectivity index (χ1n) is 8.39. The first-order valence-corrected chi connectivity index (χ1v) is 9.27. The average Bonchev–Trinajstić information content (AvgIpc) is 2.47. The fourth-order valence-electron chi connectivity index (χ4n) is 5.37. The third-order valence-corrected chi connectivity index (χ3v) is 6.58. The van der Waals surface area contributed by atoms with E-state index in [1.165, 1.54) is 19.3 Å². The number of hydrogen-bond acceptors (Lipinski definition) is 2. The zero-order valence-electron chi connectivity index (χ0n) is 12.9. The molecule has 4 fully saturated rings. The summed E-state index contributed by atoms with van der Waals surface area (Å²) in [4.78, 5) is 13.4. The van der Waals surface area contributed by atoms with Crippen LogP contribution in [-0.2, 0) is 4.79 Å². The monoisotopic (exact) mass is 337 g/mol. The number of amides is 1. The van der Waals surface area contributed by atoms with Gasteiger partial charge in [-0.25, -0.2) is 0 Å². The molecule has 4 bridgehead atoms. The van der Waals surface area contributed by atoms with Gasteiger partial charge in [-0.3, -0.25) is 4.79 Å². The summed E-state index contributed by atoms with van der Waals surface area (Å²) in [5.74, 6) is -0.0706. The maximum Gasteiger partial charge on any atom is 0.288 e. The molecule has 4 aliphatic carbocycles. The summed E-state index contributed by atoms with van der Waals surface area (Å²) in [5.41, 5.74) is 0.537. The first kappa shape index (κ1) is 15.4. The van der Waals surface area contributed by atoms with E-state index in [0.29, 0.717) is 22.3 Å². The molecular formula is C18H21F2NOS. The van der Waals surface area contributed by atoms with E-state index in [-0.39, 0.29) is 11.3 Å². The fourth-order valence-corrected chi connectivity index (χ4v) is 5.87. The van der Waals surface area contributed by atoms with Gasteiger partial charge in [0.1, 0.15) is 0 Å². The molecule has 0 heterocycles. The van der Waals surface area contributed by atoms with E-state index in [9.17, 15) is 13.6 Å². The number of thioether (sulfide) groups is 1. The molecule has 4 saturated carbocycles. The topological polar surface area (TPSA) is 29.1 Å². The summed E-state index contributed by atoms with van der Waals surface area (Å²) in [6, 6.07) is 6.74. The van der Waals surface area contributed by atoms with Crippen LogP contribution in [0, 0.1) is 23.2 Å². The smallest absolute Gasteiger partial charge is 0.288 e. The Morgan fingerprint density at radius 3 is 2.04 bits per heavy atom. The van der Waals surface area contributed by atoms with Crippen molar-refractivity contribution in [2.45, 2.75) is 49.2 Å². The van der Waals surface area contributed by atoms with E-state index in [1.807, 2.05) is 0 Å². The molecule has 5 rings (SSSR count). The molecule has 2 nitrogen and oxygen atoms in total. The molecule has 1 aromatic carbocycles. The van der Waals surface area contributed by atoms with Crippen molar-refractivity contribution in [3.05, 3.63) is 24.3 Å². The van der Waals surface area contributed by atoms with Gasteiger partial charge in [0.2, 0.25) is 5.91 Å². The Balaban J connectivity index is 1.45. The molecule has 1 amide bonds. The quantitative estimate of drug-likeness (QED) is 0.769. The molecule has 4 aliphatic rings. The van der Waals surface area contributed by atoms with E-state index in [4.69, 9.17) is 0 Å². The fraction of sp³-hybridized carbons (Fsp3) is 0.611. The van der Waals surface area contributed by atoms with Crippen LogP contribution in [0.15, 0.2) is 29.2 Å². The van der Waals surface area contributed by atoms with Crippen molar-refractivity contribution in [3.8, 4) is 0 Å². The lowest BCUT2D eigenvalue weighted by molar-refractivity contribution is -0.140. The standard InChI is InChI=1S/C18H21F2NOS/c19-17(20)23-15-3-1-14(2-4-15)21-16(22)18-8-11-5-12(9-18)7-13(6-11)10-18/h1-4,11-13,17H,5-10H2,(H,21,22). The molecule has 1 aromatic rings. The van der Waals surface area contributed by atoms with Gasteiger partial charge in [0, 0.05) is 10.6 Å². The second-order valence-electron chi connectivity index (χ2n) is 7.55. The minimum atomic E-state index is -2.41. The summed E-state index contributed by atoms with van der Waals surface area (Å²) >= 11 is 0.527. The van der Waals surface area contributed by atoms with E-state index in [2.05, 4.69) is 5.32 Å². The Kier molecular flexibility index (Phi) is 3.87. The molecular weight excluding hydrogens is 316 g/mol. The minimum absolute atomic E-state index is 0.144. The van der Waals surface area contributed by atoms with Crippen molar-refractivity contribution in [3.63, 3.8) is 0 Å². The number of nitrogens with one attached hydrogen (secondary N) is 1. The van der Waals surface area contributed by atoms with Gasteiger partial charge in [0.05, 0.1) is 5.41 Å². The third-order valence-electron chi connectivity index (χ3n) is 5.86. The highest BCUT2D eigenvalue weighted by molar-refractivity contribution is 7.99. The van der Waals surface area contributed by atoms with Crippen molar-refractivity contribution < 1.29 is 13.6 Å². The molecule has 124 valence electrons. The predicted octanol–water partition coefficient (Wildman–Crippen LogP) is 5.16. The molecule has 0 unspecified atom stereocenters. The SMILES string of the molecule is O=C(Nc1ccc(SC(F)F)cc1)C12CC3CC(CC(C3)C1)C2. The van der Waals surface area contributed by atoms with Crippen LogP contribution >= 0.6 is 11.8 Å². The summed E-state index contributed by atoms with van der Waals surface area (Å²) in [6.45, 7) is 0. The number of anilines is 1. The number of halogens is 2. The van der Waals surface area contributed by atoms with Crippen molar-refractivity contribution in [1.82, 2.24) is 0 Å². The Hall–Kier alpha value is -1.10. The van der Waals surface area contributed by atoms with Crippen molar-refractivity contribution in [1.29, 1.82) is 0 Å². The largest absolute Gasteiger partial charge is 0.326 e. The lowest BCUT2D eigenvalue weighted by Crippen LogP contribution is -2.51. The van der Waals surface area contributed by atoms with Crippen molar-refractivity contribution in [2.75, 3.05) is 5.32 Å². The number of carbonyl (C=O) groups is 1. The number of alkyl halides is 2. The van der Waals surface area contributed by atoms with Crippen molar-refractivity contribution >= 4 is 23.4 Å². The van der Waals surface area contributed by atoms with Crippen LogP contribution in [0.2, 0.25) is 0 Å². The van der Waals surface area contributed by atoms with Crippen LogP contribution in [0.25, 0.3) is 0 Å². The van der Waals surface area contributed by atoms with Gasteiger partial charge in [0.15, 0.2) is 0 Å². The van der Waals surface area contributed by atoms with E-state index >= 15 is 0 Å². The molecule has 1 N–H and O–H groups in total. The van der Waals surface area contributed by atoms with E-state index < -0.39 is 5.76 Å². The van der Waals surface area contributed by atoms with Gasteiger partial charge >= 0.3 is 0 Å². The summed E-state index contributed by atoms with van der Waals surface area (Å²) in [7, 11) is 0. The number of rotatable bonds is 4. The lowest BCUT2D eigenvalue weighted by atomic mass is 9.49. The maximum atomic E-state index is 12.9. The lowest BCUT2D eigenvalue weighted by Gasteiger charge is -2.55. The summed E-state index contributed by atoms with van der Waals surface area (Å²) < 4.78 is 24.7. The molecule has 0 radical (unpaired) electrons. The Morgan fingerprint density at radius 1 is 1.04 bits per heavy atom. The summed E-state index contributed by atoms with van der Waals surface area (Å²) in [6.07, 6.45) is 7.03. The second-order valence-corrected chi connectivity index (χ2v) is 8.62. The molecule has 5 heteroatoms. The molecule has 0 aliphatic heterocycles. The number of carbonyl (C=O) groups excluding carboxylic acids is 1. The Bertz CT molecular complexity index is 566. The Labute approximate surface area is 139 Å². The van der Waals surface area contributed by atoms with Gasteiger partial charge in [-0.15, -0.1) is 0 Å². The van der Waals surface area contributed by atoms with Crippen LogP contribution in [-0.4, -0.2) is 11.7 Å². The maximum absolute atomic E-state index is 12.9. The normalized spacial score (nSPS) is 34.8. The van der Waals surface area contributed by atoms with Crippen LogP contribution in [0.4, 0.5) is 14.5 Å². The highest BCUT2D eigenvalue weighted by Crippen LogP contribution is 2.60. The number of hydrogen-bond donors (Lipinski definition) is 1. The van der Waals surface area contributed by atoms with E-state index in [1.54, 1.807) is 24.3 Å². The number of benzene rings is 1. The molecule has 0 atom stereocenters. The van der Waals surface area contributed by atoms with Crippen molar-refractivity contribution in [2.24, 2.45) is 23.2 Å². The summed E-state index contributed by atoms with van der Waals surface area (Å²) in [5, 5.41) is 3.04. The van der Waals surface area contributed by atoms with Gasteiger partial charge in [-0.05, 0) is 80.5 Å². The van der Waals surface area contributed by atoms with Gasteiger partial charge in [-0.1, -0.05) is 11.8 Å². The molecule has 0 spiro atoms. The minimum Gasteiger partial charge on any atom is -0.326 e. The Morgan fingerprint density at radius 2 is 1.57 bits per heavy atom. The van der Waals surface area contributed by atoms with Crippen LogP contribution < -0.4 is 5.32 Å². The van der Waals surface area contributed by atoms with Gasteiger partial charge in [-0.2, -0.15) is 8.78 Å². The average molecular weight is 337 g/mol. The van der Waals surface area contributed by atoms with Gasteiger partial charge in [0.25, 0.3) is 5.76 Å². The third kappa shape index (κ3) is 3.00. The predicted molar refractivity (Wildman–Crippen MR) is 87.5 cm³/mol. The molecule has 23 heavy (non-hydrogen) atoms.